The molecule has 0 rings (SSSR count). The number of amides is 1. The summed E-state index contributed by atoms with van der Waals surface area (Å²) in [6, 6.07) is -0.760. The fourth-order valence-electron chi connectivity index (χ4n) is 3.70. The van der Waals surface area contributed by atoms with Gasteiger partial charge in [-0.15, -0.1) is 0 Å². The molecule has 0 fully saturated rings. The van der Waals surface area contributed by atoms with Crippen molar-refractivity contribution in [2.75, 3.05) is 6.61 Å². The minimum Gasteiger partial charge on any atom is -0.394 e. The second kappa shape index (κ2) is 24.7. The van der Waals surface area contributed by atoms with Crippen molar-refractivity contribution >= 4 is 5.91 Å². The molecule has 0 saturated heterocycles. The molecule has 3 unspecified atom stereocenters. The normalized spacial score (nSPS) is 14.9. The monoisotopic (exact) mass is 479 g/mol. The number of aliphatic hydroxyl groups is 3. The Hall–Kier alpha value is -1.43. The summed E-state index contributed by atoms with van der Waals surface area (Å²) in [7, 11) is 0. The summed E-state index contributed by atoms with van der Waals surface area (Å²) < 4.78 is 0. The maximum Gasteiger partial charge on any atom is 0.222 e. The first-order valence-corrected chi connectivity index (χ1v) is 13.8. The number of carbonyl (C=O) groups is 1. The Morgan fingerprint density at radius 1 is 0.735 bits per heavy atom. The van der Waals surface area contributed by atoms with E-state index in [-0.39, 0.29) is 18.9 Å². The summed E-state index contributed by atoms with van der Waals surface area (Å²) in [5.41, 5.74) is 0. The number of hydrogen-bond donors (Lipinski definition) is 4. The molecular formula is C29H53NO4. The van der Waals surface area contributed by atoms with Crippen molar-refractivity contribution in [3.05, 3.63) is 36.5 Å². The van der Waals surface area contributed by atoms with Crippen LogP contribution in [0, 0.1) is 0 Å². The van der Waals surface area contributed by atoms with E-state index in [4.69, 9.17) is 0 Å². The van der Waals surface area contributed by atoms with Crippen LogP contribution in [0.3, 0.4) is 0 Å². The highest BCUT2D eigenvalue weighted by Gasteiger charge is 2.19. The third-order valence-corrected chi connectivity index (χ3v) is 5.90. The number of allylic oxidation sites excluding steroid dienone is 5. The maximum atomic E-state index is 12.2. The van der Waals surface area contributed by atoms with Crippen LogP contribution in [0.25, 0.3) is 0 Å². The lowest BCUT2D eigenvalue weighted by molar-refractivity contribution is -0.124. The second-order valence-electron chi connectivity index (χ2n) is 9.28. The first-order chi connectivity index (χ1) is 16.5. The van der Waals surface area contributed by atoms with Crippen molar-refractivity contribution in [1.82, 2.24) is 5.32 Å². The Labute approximate surface area is 209 Å². The van der Waals surface area contributed by atoms with Gasteiger partial charge in [0.15, 0.2) is 0 Å². The van der Waals surface area contributed by atoms with Crippen LogP contribution in [0.4, 0.5) is 0 Å². The summed E-state index contributed by atoms with van der Waals surface area (Å²) in [5, 5.41) is 32.6. The average Bonchev–Trinajstić information content (AvgIpc) is 2.82. The molecule has 198 valence electrons. The van der Waals surface area contributed by atoms with Gasteiger partial charge in [0, 0.05) is 0 Å². The summed E-state index contributed by atoms with van der Waals surface area (Å²) in [6.45, 7) is 4.06. The molecule has 0 radical (unpaired) electrons. The number of carbonyl (C=O) groups excluding carboxylic acids is 1. The van der Waals surface area contributed by atoms with Crippen LogP contribution < -0.4 is 5.32 Å². The molecule has 0 aliphatic heterocycles. The number of hydrogen-bond acceptors (Lipinski definition) is 4. The maximum absolute atomic E-state index is 12.2. The zero-order chi connectivity index (χ0) is 25.3. The molecule has 0 aromatic carbocycles. The molecule has 0 aromatic heterocycles. The molecule has 5 heteroatoms. The fourth-order valence-corrected chi connectivity index (χ4v) is 3.70. The van der Waals surface area contributed by atoms with Crippen LogP contribution in [0.2, 0.25) is 0 Å². The Morgan fingerprint density at radius 3 is 1.82 bits per heavy atom. The molecule has 0 aliphatic carbocycles. The van der Waals surface area contributed by atoms with E-state index in [0.717, 1.165) is 51.4 Å². The van der Waals surface area contributed by atoms with Gasteiger partial charge in [0.2, 0.25) is 5.91 Å². The van der Waals surface area contributed by atoms with Gasteiger partial charge < -0.3 is 20.6 Å². The van der Waals surface area contributed by atoms with E-state index in [0.29, 0.717) is 6.42 Å². The highest BCUT2D eigenvalue weighted by molar-refractivity contribution is 5.76. The van der Waals surface area contributed by atoms with E-state index in [1.54, 1.807) is 6.08 Å². The van der Waals surface area contributed by atoms with E-state index in [1.165, 1.54) is 38.5 Å². The first-order valence-electron chi connectivity index (χ1n) is 13.8. The van der Waals surface area contributed by atoms with Gasteiger partial charge in [0.05, 0.1) is 31.3 Å². The summed E-state index contributed by atoms with van der Waals surface area (Å²) in [5.74, 6) is -0.343. The smallest absolute Gasteiger partial charge is 0.222 e. The van der Waals surface area contributed by atoms with E-state index in [9.17, 15) is 20.1 Å². The number of aliphatic hydroxyl groups excluding tert-OH is 3. The standard InChI is InChI=1S/C29H53NO4/c1-3-5-7-9-11-13-15-16-18-20-22-26(32)24-29(34)30-27(25-31)28(33)23-21-19-17-14-12-10-8-6-4-2/h11-14,21,23,26-28,31-33H,3-10,15-20,22,24-25H2,1-2H3,(H,30,34)/b13-11-,14-12+,23-21+. The molecule has 0 aromatic rings. The predicted octanol–water partition coefficient (Wildman–Crippen LogP) is 6.14. The molecular weight excluding hydrogens is 426 g/mol. The van der Waals surface area contributed by atoms with Gasteiger partial charge in [0.25, 0.3) is 0 Å². The van der Waals surface area contributed by atoms with Crippen molar-refractivity contribution in [2.45, 2.75) is 135 Å². The van der Waals surface area contributed by atoms with Gasteiger partial charge in [-0.1, -0.05) is 88.8 Å². The summed E-state index contributed by atoms with van der Waals surface area (Å²) in [6.07, 6.45) is 26.9. The zero-order valence-electron chi connectivity index (χ0n) is 22.0. The molecule has 1 amide bonds. The first kappa shape index (κ1) is 32.6. The molecule has 0 aliphatic rings. The molecule has 5 nitrogen and oxygen atoms in total. The second-order valence-corrected chi connectivity index (χ2v) is 9.28. The number of rotatable bonds is 23. The van der Waals surface area contributed by atoms with Crippen molar-refractivity contribution in [3.8, 4) is 0 Å². The molecule has 0 saturated carbocycles. The summed E-state index contributed by atoms with van der Waals surface area (Å²) >= 11 is 0. The van der Waals surface area contributed by atoms with Gasteiger partial charge in [-0.3, -0.25) is 4.79 Å². The lowest BCUT2D eigenvalue weighted by Gasteiger charge is -2.20. The van der Waals surface area contributed by atoms with Crippen molar-refractivity contribution in [1.29, 1.82) is 0 Å². The van der Waals surface area contributed by atoms with Gasteiger partial charge in [-0.2, -0.15) is 0 Å². The van der Waals surface area contributed by atoms with Crippen LogP contribution in [0.5, 0.6) is 0 Å². The van der Waals surface area contributed by atoms with Gasteiger partial charge in [-0.25, -0.2) is 0 Å². The third-order valence-electron chi connectivity index (χ3n) is 5.90. The van der Waals surface area contributed by atoms with Gasteiger partial charge in [0.1, 0.15) is 0 Å². The minimum atomic E-state index is -0.949. The van der Waals surface area contributed by atoms with E-state index >= 15 is 0 Å². The lowest BCUT2D eigenvalue weighted by Crippen LogP contribution is -2.45. The fraction of sp³-hybridized carbons (Fsp3) is 0.759. The van der Waals surface area contributed by atoms with Crippen molar-refractivity contribution < 1.29 is 20.1 Å². The predicted molar refractivity (Wildman–Crippen MR) is 144 cm³/mol. The number of unbranched alkanes of at least 4 members (excludes halogenated alkanes) is 10. The quantitative estimate of drug-likeness (QED) is 0.105. The molecule has 0 heterocycles. The highest BCUT2D eigenvalue weighted by Crippen LogP contribution is 2.10. The van der Waals surface area contributed by atoms with E-state index in [1.807, 2.05) is 6.08 Å². The minimum absolute atomic E-state index is 0.00685. The van der Waals surface area contributed by atoms with E-state index < -0.39 is 18.2 Å². The van der Waals surface area contributed by atoms with Gasteiger partial charge >= 0.3 is 0 Å². The molecule has 0 bridgehead atoms. The van der Waals surface area contributed by atoms with Gasteiger partial charge in [-0.05, 0) is 57.8 Å². The third kappa shape index (κ3) is 21.1. The topological polar surface area (TPSA) is 89.8 Å². The van der Waals surface area contributed by atoms with Crippen LogP contribution in [-0.4, -0.2) is 46.1 Å². The van der Waals surface area contributed by atoms with Crippen LogP contribution >= 0.6 is 0 Å². The van der Waals surface area contributed by atoms with Crippen LogP contribution in [-0.2, 0) is 4.79 Å². The molecule has 34 heavy (non-hydrogen) atoms. The zero-order valence-corrected chi connectivity index (χ0v) is 22.0. The van der Waals surface area contributed by atoms with Crippen molar-refractivity contribution in [2.24, 2.45) is 0 Å². The van der Waals surface area contributed by atoms with Crippen LogP contribution in [0.1, 0.15) is 117 Å². The van der Waals surface area contributed by atoms with Crippen molar-refractivity contribution in [3.63, 3.8) is 0 Å². The Bertz CT molecular complexity index is 544. The Balaban J connectivity index is 3.96. The number of nitrogens with one attached hydrogen (secondary N) is 1. The SMILES string of the molecule is CCCCC/C=C\CCCCCC(O)CC(=O)NC(CO)C(O)/C=C/CC/C=C/CCCCC. The highest BCUT2D eigenvalue weighted by atomic mass is 16.3. The molecule has 3 atom stereocenters. The van der Waals surface area contributed by atoms with Crippen LogP contribution in [0.15, 0.2) is 36.5 Å². The molecule has 4 N–H and O–H groups in total. The van der Waals surface area contributed by atoms with E-state index in [2.05, 4.69) is 43.5 Å². The summed E-state index contributed by atoms with van der Waals surface area (Å²) in [4.78, 5) is 12.2. The largest absolute Gasteiger partial charge is 0.394 e. The Kier molecular flexibility index (Phi) is 23.6. The average molecular weight is 480 g/mol. The molecule has 0 spiro atoms. The lowest BCUT2D eigenvalue weighted by atomic mass is 10.1. The Morgan fingerprint density at radius 2 is 1.26 bits per heavy atom.